The molecule has 0 bridgehead atoms. The molecule has 4 nitrogen and oxygen atoms in total. The van der Waals surface area contributed by atoms with Crippen LogP contribution in [0.4, 0.5) is 0 Å². The lowest BCUT2D eigenvalue weighted by Gasteiger charge is -2.32. The molecule has 0 spiro atoms. The molecule has 0 amide bonds. The van der Waals surface area contributed by atoms with Crippen LogP contribution < -0.4 is 11.1 Å². The van der Waals surface area contributed by atoms with Gasteiger partial charge >= 0.3 is 0 Å². The van der Waals surface area contributed by atoms with E-state index < -0.39 is 0 Å². The van der Waals surface area contributed by atoms with Crippen molar-refractivity contribution in [3.63, 3.8) is 0 Å². The minimum Gasteiger partial charge on any atom is -0.383 e. The average molecular weight is 203 g/mol. The van der Waals surface area contributed by atoms with E-state index in [9.17, 15) is 0 Å². The first-order valence-electron chi connectivity index (χ1n) is 5.19. The van der Waals surface area contributed by atoms with Gasteiger partial charge in [0, 0.05) is 26.7 Å². The van der Waals surface area contributed by atoms with Crippen LogP contribution in [0.1, 0.15) is 13.3 Å². The van der Waals surface area contributed by atoms with Gasteiger partial charge in [-0.3, -0.25) is 0 Å². The van der Waals surface area contributed by atoms with Gasteiger partial charge in [-0.05, 0) is 20.5 Å². The fourth-order valence-corrected chi connectivity index (χ4v) is 1.37. The van der Waals surface area contributed by atoms with E-state index in [-0.39, 0.29) is 5.54 Å². The number of nitrogens with two attached hydrogens (primary N) is 1. The molecule has 0 aliphatic rings. The van der Waals surface area contributed by atoms with Crippen LogP contribution in [0.25, 0.3) is 0 Å². The minimum absolute atomic E-state index is 0.0508. The highest BCUT2D eigenvalue weighted by atomic mass is 16.5. The summed E-state index contributed by atoms with van der Waals surface area (Å²) < 4.78 is 5.19. The second-order valence-electron chi connectivity index (χ2n) is 4.00. The van der Waals surface area contributed by atoms with Gasteiger partial charge in [0.15, 0.2) is 0 Å². The van der Waals surface area contributed by atoms with E-state index in [0.29, 0.717) is 13.2 Å². The van der Waals surface area contributed by atoms with Crippen LogP contribution in [0.3, 0.4) is 0 Å². The summed E-state index contributed by atoms with van der Waals surface area (Å²) in [6, 6.07) is 0. The summed E-state index contributed by atoms with van der Waals surface area (Å²) in [5.74, 6) is 0. The van der Waals surface area contributed by atoms with Crippen LogP contribution in [0.5, 0.6) is 0 Å². The number of ether oxygens (including phenoxy) is 1. The van der Waals surface area contributed by atoms with E-state index in [4.69, 9.17) is 10.5 Å². The normalized spacial score (nSPS) is 15.9. The lowest BCUT2D eigenvalue weighted by molar-refractivity contribution is 0.108. The van der Waals surface area contributed by atoms with Crippen LogP contribution in [0, 0.1) is 0 Å². The molecule has 4 heteroatoms. The lowest BCUT2D eigenvalue weighted by Crippen LogP contribution is -2.55. The molecular formula is C10H25N3O. The molecular weight excluding hydrogens is 178 g/mol. The van der Waals surface area contributed by atoms with E-state index >= 15 is 0 Å². The molecule has 0 aliphatic carbocycles. The van der Waals surface area contributed by atoms with Crippen molar-refractivity contribution < 1.29 is 4.74 Å². The Kier molecular flexibility index (Phi) is 7.09. The van der Waals surface area contributed by atoms with Gasteiger partial charge in [-0.2, -0.15) is 0 Å². The second kappa shape index (κ2) is 7.17. The van der Waals surface area contributed by atoms with Crippen molar-refractivity contribution in [2.24, 2.45) is 5.73 Å². The first-order chi connectivity index (χ1) is 6.60. The Morgan fingerprint density at radius 2 is 2.07 bits per heavy atom. The fraction of sp³-hybridized carbons (Fsp3) is 1.00. The van der Waals surface area contributed by atoms with Gasteiger partial charge in [0.1, 0.15) is 0 Å². The molecule has 0 rings (SSSR count). The van der Waals surface area contributed by atoms with Crippen molar-refractivity contribution in [1.29, 1.82) is 0 Å². The summed E-state index contributed by atoms with van der Waals surface area (Å²) in [4.78, 5) is 2.15. The van der Waals surface area contributed by atoms with Gasteiger partial charge in [0.25, 0.3) is 0 Å². The van der Waals surface area contributed by atoms with Crippen molar-refractivity contribution in [2.45, 2.75) is 18.9 Å². The first-order valence-corrected chi connectivity index (χ1v) is 5.19. The quantitative estimate of drug-likeness (QED) is 0.578. The topological polar surface area (TPSA) is 50.5 Å². The molecule has 1 atom stereocenters. The number of methoxy groups -OCH3 is 1. The zero-order chi connectivity index (χ0) is 11.0. The maximum Gasteiger partial charge on any atom is 0.0656 e. The number of nitrogens with zero attached hydrogens (tertiary/aromatic N) is 1. The number of hydrogen-bond acceptors (Lipinski definition) is 4. The third-order valence-corrected chi connectivity index (χ3v) is 2.55. The smallest absolute Gasteiger partial charge is 0.0656 e. The van der Waals surface area contributed by atoms with Gasteiger partial charge in [-0.15, -0.1) is 0 Å². The average Bonchev–Trinajstić information content (AvgIpc) is 2.16. The van der Waals surface area contributed by atoms with Gasteiger partial charge in [-0.1, -0.05) is 6.92 Å². The molecule has 0 saturated carbocycles. The highest BCUT2D eigenvalue weighted by Gasteiger charge is 2.25. The fourth-order valence-electron chi connectivity index (χ4n) is 1.37. The highest BCUT2D eigenvalue weighted by Crippen LogP contribution is 2.08. The molecule has 0 fully saturated rings. The molecule has 14 heavy (non-hydrogen) atoms. The molecule has 1 unspecified atom stereocenters. The number of nitrogens with one attached hydrogen (secondary N) is 1. The number of rotatable bonds is 8. The van der Waals surface area contributed by atoms with Crippen molar-refractivity contribution in [3.05, 3.63) is 0 Å². The molecule has 0 aliphatic heterocycles. The van der Waals surface area contributed by atoms with Crippen molar-refractivity contribution in [1.82, 2.24) is 10.2 Å². The summed E-state index contributed by atoms with van der Waals surface area (Å²) in [5, 5.41) is 3.47. The Balaban J connectivity index is 3.94. The van der Waals surface area contributed by atoms with E-state index in [2.05, 4.69) is 31.2 Å². The zero-order valence-corrected chi connectivity index (χ0v) is 9.97. The molecule has 86 valence electrons. The largest absolute Gasteiger partial charge is 0.383 e. The van der Waals surface area contributed by atoms with Gasteiger partial charge < -0.3 is 20.7 Å². The molecule has 3 N–H and O–H groups in total. The van der Waals surface area contributed by atoms with Crippen molar-refractivity contribution in [3.8, 4) is 0 Å². The highest BCUT2D eigenvalue weighted by molar-refractivity contribution is 4.87. The predicted molar refractivity (Wildman–Crippen MR) is 60.5 cm³/mol. The maximum absolute atomic E-state index is 5.77. The Morgan fingerprint density at radius 1 is 1.43 bits per heavy atom. The molecule has 0 radical (unpaired) electrons. The standard InChI is InChI=1S/C10H25N3O/c1-5-10(8-11,9-14-4)12-6-7-13(2)3/h12H,5-9,11H2,1-4H3. The molecule has 0 heterocycles. The number of likely N-dealkylation sites (N-methyl/N-ethyl adjacent to an activating group) is 1. The Morgan fingerprint density at radius 3 is 2.43 bits per heavy atom. The first kappa shape index (κ1) is 13.8. The van der Waals surface area contributed by atoms with E-state index in [1.165, 1.54) is 0 Å². The van der Waals surface area contributed by atoms with Gasteiger partial charge in [0.2, 0.25) is 0 Å². The minimum atomic E-state index is -0.0508. The van der Waals surface area contributed by atoms with E-state index in [1.54, 1.807) is 7.11 Å². The molecule has 0 aromatic carbocycles. The van der Waals surface area contributed by atoms with Gasteiger partial charge in [-0.25, -0.2) is 0 Å². The SMILES string of the molecule is CCC(CN)(COC)NCCN(C)C. The summed E-state index contributed by atoms with van der Waals surface area (Å²) in [6.07, 6.45) is 0.991. The third-order valence-electron chi connectivity index (χ3n) is 2.55. The molecule has 0 saturated heterocycles. The van der Waals surface area contributed by atoms with E-state index in [0.717, 1.165) is 19.5 Å². The lowest BCUT2D eigenvalue weighted by atomic mass is 9.97. The van der Waals surface area contributed by atoms with Crippen LogP contribution >= 0.6 is 0 Å². The second-order valence-corrected chi connectivity index (χ2v) is 4.00. The Bertz CT molecular complexity index is 135. The van der Waals surface area contributed by atoms with Gasteiger partial charge in [0.05, 0.1) is 12.1 Å². The van der Waals surface area contributed by atoms with E-state index in [1.807, 2.05) is 0 Å². The monoisotopic (exact) mass is 203 g/mol. The summed E-state index contributed by atoms with van der Waals surface area (Å²) in [6.45, 7) is 5.39. The van der Waals surface area contributed by atoms with Crippen LogP contribution in [-0.4, -0.2) is 57.9 Å². The van der Waals surface area contributed by atoms with Crippen molar-refractivity contribution >= 4 is 0 Å². The molecule has 0 aromatic heterocycles. The Labute approximate surface area is 87.8 Å². The Hall–Kier alpha value is -0.160. The van der Waals surface area contributed by atoms with Crippen molar-refractivity contribution in [2.75, 3.05) is 47.4 Å². The maximum atomic E-state index is 5.77. The summed E-state index contributed by atoms with van der Waals surface area (Å²) in [7, 11) is 5.84. The number of hydrogen-bond donors (Lipinski definition) is 2. The predicted octanol–water partition coefficient (Wildman–Crippen LogP) is -0.108. The summed E-state index contributed by atoms with van der Waals surface area (Å²) >= 11 is 0. The zero-order valence-electron chi connectivity index (χ0n) is 9.97. The molecule has 0 aromatic rings. The van der Waals surface area contributed by atoms with Crippen LogP contribution in [0.2, 0.25) is 0 Å². The third kappa shape index (κ3) is 4.91. The summed E-state index contributed by atoms with van der Waals surface area (Å²) in [5.41, 5.74) is 5.71. The van der Waals surface area contributed by atoms with Crippen LogP contribution in [0.15, 0.2) is 0 Å². The van der Waals surface area contributed by atoms with Crippen LogP contribution in [-0.2, 0) is 4.74 Å².